The maximum absolute atomic E-state index is 13.1. The van der Waals surface area contributed by atoms with Crippen LogP contribution in [-0.2, 0) is 12.6 Å². The van der Waals surface area contributed by atoms with Crippen molar-refractivity contribution in [2.45, 2.75) is 32.2 Å². The monoisotopic (exact) mass is 352 g/mol. The van der Waals surface area contributed by atoms with Crippen LogP contribution in [0.25, 0.3) is 0 Å². The van der Waals surface area contributed by atoms with Gasteiger partial charge in [-0.3, -0.25) is 4.79 Å². The zero-order valence-electron chi connectivity index (χ0n) is 14.8. The van der Waals surface area contributed by atoms with Gasteiger partial charge in [0.1, 0.15) is 0 Å². The third-order valence-electron chi connectivity index (χ3n) is 4.27. The summed E-state index contributed by atoms with van der Waals surface area (Å²) in [6.45, 7) is 8.40. The number of benzene rings is 1. The van der Waals surface area contributed by atoms with Crippen LogP contribution in [0.2, 0.25) is 0 Å². The maximum atomic E-state index is 13.1. The van der Waals surface area contributed by atoms with Crippen LogP contribution in [0.15, 0.2) is 72.5 Å². The van der Waals surface area contributed by atoms with Crippen LogP contribution in [0.4, 0.5) is 0 Å². The number of rotatable bonds is 8. The van der Waals surface area contributed by atoms with E-state index in [1.807, 2.05) is 54.9 Å². The Morgan fingerprint density at radius 2 is 1.88 bits per heavy atom. The summed E-state index contributed by atoms with van der Waals surface area (Å²) in [6.07, 6.45) is 6.42. The van der Waals surface area contributed by atoms with Crippen molar-refractivity contribution >= 4 is 23.5 Å². The van der Waals surface area contributed by atoms with Gasteiger partial charge in [0, 0.05) is 17.7 Å². The molecule has 0 saturated heterocycles. The SMILES string of the molecule is C=CCN=C([S-])[C@@H](C(=O)c1ccc([C@H](C)CC)cc1)[n+]1ccccc1. The second-order valence-electron chi connectivity index (χ2n) is 5.99. The first-order valence-electron chi connectivity index (χ1n) is 8.50. The van der Waals surface area contributed by atoms with Crippen molar-refractivity contribution in [3.63, 3.8) is 0 Å². The first-order valence-corrected chi connectivity index (χ1v) is 8.91. The van der Waals surface area contributed by atoms with Crippen LogP contribution in [0.5, 0.6) is 0 Å². The van der Waals surface area contributed by atoms with Gasteiger partial charge < -0.3 is 17.6 Å². The summed E-state index contributed by atoms with van der Waals surface area (Å²) < 4.78 is 1.81. The van der Waals surface area contributed by atoms with E-state index < -0.39 is 6.04 Å². The Bertz CT molecular complexity index is 738. The van der Waals surface area contributed by atoms with E-state index in [9.17, 15) is 4.79 Å². The molecule has 4 heteroatoms. The molecule has 25 heavy (non-hydrogen) atoms. The van der Waals surface area contributed by atoms with Crippen molar-refractivity contribution < 1.29 is 9.36 Å². The molecule has 0 amide bonds. The Kier molecular flexibility index (Phi) is 7.02. The van der Waals surface area contributed by atoms with Crippen LogP contribution in [0, 0.1) is 0 Å². The van der Waals surface area contributed by atoms with Gasteiger partial charge in [-0.05, 0) is 22.9 Å². The average molecular weight is 353 g/mol. The Hall–Kier alpha value is -2.33. The Morgan fingerprint density at radius 1 is 1.24 bits per heavy atom. The van der Waals surface area contributed by atoms with Gasteiger partial charge in [0.15, 0.2) is 12.4 Å². The molecular weight excluding hydrogens is 328 g/mol. The third-order valence-corrected chi connectivity index (χ3v) is 4.62. The molecule has 0 fully saturated rings. The number of aromatic nitrogens is 1. The molecular formula is C21H24N2OS. The van der Waals surface area contributed by atoms with Crippen LogP contribution in [-0.4, -0.2) is 17.4 Å². The summed E-state index contributed by atoms with van der Waals surface area (Å²) in [5, 5.41) is 0.368. The van der Waals surface area contributed by atoms with Crippen LogP contribution < -0.4 is 4.57 Å². The molecule has 0 N–H and O–H groups in total. The molecule has 3 nitrogen and oxygen atoms in total. The van der Waals surface area contributed by atoms with Crippen molar-refractivity contribution in [2.24, 2.45) is 4.99 Å². The molecule has 0 aliphatic heterocycles. The predicted octanol–water partition coefficient (Wildman–Crippen LogP) is 4.04. The highest BCUT2D eigenvalue weighted by Gasteiger charge is 2.28. The second-order valence-corrected chi connectivity index (χ2v) is 6.41. The minimum Gasteiger partial charge on any atom is -0.758 e. The quantitative estimate of drug-likeness (QED) is 0.179. The average Bonchev–Trinajstić information content (AvgIpc) is 2.66. The number of pyridine rings is 1. The van der Waals surface area contributed by atoms with Gasteiger partial charge in [-0.2, -0.15) is 4.57 Å². The van der Waals surface area contributed by atoms with E-state index >= 15 is 0 Å². The summed E-state index contributed by atoms with van der Waals surface area (Å²) in [5.74, 6) is 0.428. The van der Waals surface area contributed by atoms with Crippen molar-refractivity contribution in [2.75, 3.05) is 6.54 Å². The molecule has 2 atom stereocenters. The number of ketones is 1. The van der Waals surface area contributed by atoms with E-state index in [4.69, 9.17) is 12.6 Å². The second kappa shape index (κ2) is 9.23. The van der Waals surface area contributed by atoms with E-state index in [-0.39, 0.29) is 5.78 Å². The largest absolute Gasteiger partial charge is 0.758 e. The first-order chi connectivity index (χ1) is 12.1. The predicted molar refractivity (Wildman–Crippen MR) is 105 cm³/mol. The molecule has 1 aromatic heterocycles. The third kappa shape index (κ3) is 4.83. The molecule has 1 heterocycles. The summed E-state index contributed by atoms with van der Waals surface area (Å²) in [5.41, 5.74) is 1.88. The first kappa shape index (κ1) is 19.0. The number of hydrogen-bond acceptors (Lipinski definition) is 3. The van der Waals surface area contributed by atoms with E-state index in [1.54, 1.807) is 10.6 Å². The highest BCUT2D eigenvalue weighted by molar-refractivity contribution is 7.77. The van der Waals surface area contributed by atoms with Gasteiger partial charge in [0.25, 0.3) is 0 Å². The van der Waals surface area contributed by atoms with Gasteiger partial charge in [-0.1, -0.05) is 50.3 Å². The fourth-order valence-corrected chi connectivity index (χ4v) is 2.87. The highest BCUT2D eigenvalue weighted by Crippen LogP contribution is 2.20. The van der Waals surface area contributed by atoms with Gasteiger partial charge in [0.05, 0.1) is 6.54 Å². The number of carbonyl (C=O) groups is 1. The van der Waals surface area contributed by atoms with Crippen molar-refractivity contribution in [1.29, 1.82) is 0 Å². The molecule has 0 unspecified atom stereocenters. The molecule has 0 radical (unpaired) electrons. The molecule has 0 bridgehead atoms. The van der Waals surface area contributed by atoms with E-state index in [0.717, 1.165) is 6.42 Å². The highest BCUT2D eigenvalue weighted by atomic mass is 32.1. The minimum absolute atomic E-state index is 0.0512. The fourth-order valence-electron chi connectivity index (χ4n) is 2.57. The Labute approximate surface area is 155 Å². The lowest BCUT2D eigenvalue weighted by Gasteiger charge is -2.18. The van der Waals surface area contributed by atoms with Crippen molar-refractivity contribution in [3.8, 4) is 0 Å². The van der Waals surface area contributed by atoms with E-state index in [2.05, 4.69) is 25.4 Å². The normalized spacial score (nSPS) is 13.9. The van der Waals surface area contributed by atoms with Crippen LogP contribution >= 0.6 is 0 Å². The Morgan fingerprint density at radius 3 is 2.44 bits per heavy atom. The lowest BCUT2D eigenvalue weighted by atomic mass is 9.95. The van der Waals surface area contributed by atoms with E-state index in [1.165, 1.54) is 5.56 Å². The van der Waals surface area contributed by atoms with Crippen molar-refractivity contribution in [3.05, 3.63) is 78.6 Å². The molecule has 2 aromatic rings. The number of nitrogens with zero attached hydrogens (tertiary/aromatic N) is 2. The summed E-state index contributed by atoms with van der Waals surface area (Å²) in [7, 11) is 0. The van der Waals surface area contributed by atoms with Crippen LogP contribution in [0.1, 0.15) is 48.1 Å². The van der Waals surface area contributed by atoms with Crippen LogP contribution in [0.3, 0.4) is 0 Å². The number of Topliss-reactive ketones (excluding diaryl/α,β-unsaturated/α-hetero) is 1. The lowest BCUT2D eigenvalue weighted by molar-refractivity contribution is -0.691. The smallest absolute Gasteiger partial charge is 0.237 e. The zero-order valence-corrected chi connectivity index (χ0v) is 15.6. The summed E-state index contributed by atoms with van der Waals surface area (Å²) in [6, 6.07) is 12.9. The van der Waals surface area contributed by atoms with Gasteiger partial charge in [-0.15, -0.1) is 6.58 Å². The summed E-state index contributed by atoms with van der Waals surface area (Å²) >= 11 is 5.43. The number of carbonyl (C=O) groups excluding carboxylic acids is 1. The number of aliphatic imine (C=N–C) groups is 1. The Balaban J connectivity index is 2.36. The molecule has 0 saturated carbocycles. The summed E-state index contributed by atoms with van der Waals surface area (Å²) in [4.78, 5) is 17.4. The lowest BCUT2D eigenvalue weighted by Crippen LogP contribution is -2.47. The van der Waals surface area contributed by atoms with Gasteiger partial charge in [-0.25, -0.2) is 0 Å². The standard InChI is InChI=1S/C21H24N2OS/c1-4-13-22-21(25)19(23-14-7-6-8-15-23)20(24)18-11-9-17(10-12-18)16(3)5-2/h4,6-12,14-16,19H,1,5,13H2,2-3H3/t16-,19-/m1/s1. The van der Waals surface area contributed by atoms with E-state index in [0.29, 0.717) is 23.1 Å². The van der Waals surface area contributed by atoms with Gasteiger partial charge in [0.2, 0.25) is 11.8 Å². The fraction of sp³-hybridized carbons (Fsp3) is 0.286. The van der Waals surface area contributed by atoms with Crippen molar-refractivity contribution in [1.82, 2.24) is 0 Å². The maximum Gasteiger partial charge on any atom is 0.237 e. The zero-order chi connectivity index (χ0) is 18.2. The molecule has 2 rings (SSSR count). The molecule has 0 aliphatic carbocycles. The molecule has 0 spiro atoms. The molecule has 1 aromatic carbocycles. The topological polar surface area (TPSA) is 33.3 Å². The van der Waals surface area contributed by atoms with Gasteiger partial charge >= 0.3 is 0 Å². The molecule has 130 valence electrons. The molecule has 0 aliphatic rings. The minimum atomic E-state index is -0.620. The number of hydrogen-bond donors (Lipinski definition) is 0.